The molecular formula is C27H32N3O6PS. The van der Waals surface area contributed by atoms with E-state index in [0.29, 0.717) is 12.1 Å². The van der Waals surface area contributed by atoms with Crippen LogP contribution in [0.2, 0.25) is 0 Å². The predicted octanol–water partition coefficient (Wildman–Crippen LogP) is 5.53. The molecule has 0 amide bonds. The highest BCUT2D eigenvalue weighted by molar-refractivity contribution is 7.47. The van der Waals surface area contributed by atoms with Gasteiger partial charge in [0.1, 0.15) is 5.75 Å². The molecule has 202 valence electrons. The lowest BCUT2D eigenvalue weighted by atomic mass is 10.2. The third kappa shape index (κ3) is 6.83. The van der Waals surface area contributed by atoms with Crippen LogP contribution in [0.1, 0.15) is 12.8 Å². The number of benzene rings is 2. The van der Waals surface area contributed by atoms with Crippen molar-refractivity contribution < 1.29 is 28.0 Å². The summed E-state index contributed by atoms with van der Waals surface area (Å²) in [5.41, 5.74) is 2.06. The molecule has 11 heteroatoms. The number of thiophene rings is 1. The first-order valence-corrected chi connectivity index (χ1v) is 15.0. The van der Waals surface area contributed by atoms with Crippen LogP contribution in [0.5, 0.6) is 11.6 Å². The molecule has 2 aromatic carbocycles. The quantitative estimate of drug-likeness (QED) is 0.137. The summed E-state index contributed by atoms with van der Waals surface area (Å²) in [5, 5.41) is 4.47. The van der Waals surface area contributed by atoms with Crippen molar-refractivity contribution in [3.8, 4) is 11.6 Å². The second-order valence-electron chi connectivity index (χ2n) is 9.04. The molecule has 2 aromatic heterocycles. The third-order valence-electron chi connectivity index (χ3n) is 6.61. The molecule has 0 bridgehead atoms. The summed E-state index contributed by atoms with van der Waals surface area (Å²) in [6.45, 7) is 5.53. The normalized spacial score (nSPS) is 16.1. The predicted molar refractivity (Wildman–Crippen MR) is 150 cm³/mol. The number of fused-ring (bicyclic) bond motifs is 2. The molecule has 1 saturated heterocycles. The number of aromatic nitrogens is 1. The van der Waals surface area contributed by atoms with Crippen LogP contribution in [-0.2, 0) is 13.6 Å². The lowest BCUT2D eigenvalue weighted by molar-refractivity contribution is 0.0722. The zero-order valence-corrected chi connectivity index (χ0v) is 23.0. The minimum absolute atomic E-state index is 0.276. The van der Waals surface area contributed by atoms with Crippen molar-refractivity contribution in [2.45, 2.75) is 12.8 Å². The number of rotatable bonds is 12. The smallest absolute Gasteiger partial charge is 0.474 e. The molecule has 4 aromatic rings. The standard InChI is InChI=1S/C27H32N3O6PS/c1-33-37(31,32)36-20-35-27-10-8-21-7-9-22(19-24(21)28-27)34-17-3-2-12-29-13-15-30(16-14-29)25-5-4-6-26-23(25)11-18-38-26/h4-11,18-19H,2-3,12-17,20H2,1H3,(H,31,32). The Labute approximate surface area is 226 Å². The van der Waals surface area contributed by atoms with Crippen LogP contribution < -0.4 is 14.4 Å². The second kappa shape index (κ2) is 12.4. The average Bonchev–Trinajstić information content (AvgIpc) is 3.42. The Bertz CT molecular complexity index is 1410. The SMILES string of the molecule is COP(=O)(O)OCOc1ccc2ccc(OCCCCN3CCN(c4cccc5sccc45)CC3)cc2n1. The number of unbranched alkanes of at least 4 members (excludes halogenated alkanes) is 1. The van der Waals surface area contributed by atoms with E-state index in [4.69, 9.17) is 9.47 Å². The van der Waals surface area contributed by atoms with Crippen LogP contribution >= 0.6 is 19.2 Å². The largest absolute Gasteiger partial charge is 0.494 e. The Balaban J connectivity index is 1.03. The summed E-state index contributed by atoms with van der Waals surface area (Å²) in [7, 11) is -3.00. The van der Waals surface area contributed by atoms with Crippen molar-refractivity contribution >= 4 is 45.8 Å². The minimum atomic E-state index is -4.09. The zero-order valence-electron chi connectivity index (χ0n) is 21.3. The first-order chi connectivity index (χ1) is 18.5. The van der Waals surface area contributed by atoms with E-state index in [0.717, 1.165) is 63.8 Å². The van der Waals surface area contributed by atoms with Crippen molar-refractivity contribution in [3.63, 3.8) is 0 Å². The van der Waals surface area contributed by atoms with Crippen molar-refractivity contribution in [2.75, 3.05) is 58.1 Å². The zero-order chi connectivity index (χ0) is 26.4. The number of piperazine rings is 1. The van der Waals surface area contributed by atoms with Gasteiger partial charge in [-0.25, -0.2) is 14.1 Å². The van der Waals surface area contributed by atoms with Crippen molar-refractivity contribution in [3.05, 3.63) is 60.0 Å². The molecule has 1 N–H and O–H groups in total. The number of nitrogens with zero attached hydrogens (tertiary/aromatic N) is 3. The first kappa shape index (κ1) is 26.9. The first-order valence-electron chi connectivity index (χ1n) is 12.6. The fourth-order valence-corrected chi connectivity index (χ4v) is 5.65. The van der Waals surface area contributed by atoms with E-state index < -0.39 is 14.6 Å². The molecule has 0 radical (unpaired) electrons. The highest BCUT2D eigenvalue weighted by atomic mass is 32.1. The number of phosphoric ester groups is 1. The van der Waals surface area contributed by atoms with Crippen molar-refractivity contribution in [1.82, 2.24) is 9.88 Å². The van der Waals surface area contributed by atoms with Crippen LogP contribution in [0.25, 0.3) is 21.0 Å². The van der Waals surface area contributed by atoms with Gasteiger partial charge in [-0.2, -0.15) is 0 Å². The Morgan fingerprint density at radius 2 is 1.87 bits per heavy atom. The van der Waals surface area contributed by atoms with Gasteiger partial charge in [-0.15, -0.1) is 11.3 Å². The van der Waals surface area contributed by atoms with Crippen molar-refractivity contribution in [2.24, 2.45) is 0 Å². The lowest BCUT2D eigenvalue weighted by Crippen LogP contribution is -2.46. The molecule has 1 fully saturated rings. The van der Waals surface area contributed by atoms with Gasteiger partial charge < -0.3 is 19.3 Å². The Morgan fingerprint density at radius 1 is 1.03 bits per heavy atom. The van der Waals surface area contributed by atoms with Gasteiger partial charge in [0.2, 0.25) is 12.7 Å². The maximum Gasteiger partial charge on any atom is 0.474 e. The van der Waals surface area contributed by atoms with E-state index in [9.17, 15) is 9.46 Å². The van der Waals surface area contributed by atoms with E-state index in [1.165, 1.54) is 15.8 Å². The molecule has 1 aliphatic rings. The van der Waals surface area contributed by atoms with E-state index in [1.54, 1.807) is 17.4 Å². The van der Waals surface area contributed by atoms with E-state index >= 15 is 0 Å². The molecule has 9 nitrogen and oxygen atoms in total. The molecule has 1 atom stereocenters. The molecule has 0 saturated carbocycles. The Kier molecular flexibility index (Phi) is 8.79. The molecular weight excluding hydrogens is 525 g/mol. The monoisotopic (exact) mass is 557 g/mol. The summed E-state index contributed by atoms with van der Waals surface area (Å²) in [5.74, 6) is 1.02. The highest BCUT2D eigenvalue weighted by Gasteiger charge is 2.19. The number of hydrogen-bond acceptors (Lipinski definition) is 9. The molecule has 0 spiro atoms. The summed E-state index contributed by atoms with van der Waals surface area (Å²) in [6.07, 6.45) is 2.06. The van der Waals surface area contributed by atoms with Crippen LogP contribution in [-0.4, -0.2) is 68.0 Å². The summed E-state index contributed by atoms with van der Waals surface area (Å²) < 4.78 is 33.0. The summed E-state index contributed by atoms with van der Waals surface area (Å²) in [6, 6.07) is 18.1. The van der Waals surface area contributed by atoms with Gasteiger partial charge in [-0.3, -0.25) is 9.42 Å². The molecule has 38 heavy (non-hydrogen) atoms. The number of hydrogen-bond donors (Lipinski definition) is 1. The lowest BCUT2D eigenvalue weighted by Gasteiger charge is -2.36. The average molecular weight is 558 g/mol. The molecule has 1 aliphatic heterocycles. The van der Waals surface area contributed by atoms with Crippen LogP contribution in [0, 0.1) is 0 Å². The molecule has 0 aliphatic carbocycles. The highest BCUT2D eigenvalue weighted by Crippen LogP contribution is 2.41. The third-order valence-corrected chi connectivity index (χ3v) is 8.39. The Hall–Kier alpha value is -2.72. The van der Waals surface area contributed by atoms with E-state index in [1.807, 2.05) is 24.3 Å². The second-order valence-corrected chi connectivity index (χ2v) is 11.5. The number of ether oxygens (including phenoxy) is 2. The number of pyridine rings is 1. The van der Waals surface area contributed by atoms with E-state index in [-0.39, 0.29) is 5.88 Å². The summed E-state index contributed by atoms with van der Waals surface area (Å²) in [4.78, 5) is 18.7. The van der Waals surface area contributed by atoms with Gasteiger partial charge in [0.25, 0.3) is 0 Å². The van der Waals surface area contributed by atoms with Crippen molar-refractivity contribution in [1.29, 1.82) is 0 Å². The maximum absolute atomic E-state index is 11.4. The number of anilines is 1. The minimum Gasteiger partial charge on any atom is -0.494 e. The molecule has 5 rings (SSSR count). The van der Waals surface area contributed by atoms with Gasteiger partial charge in [0.05, 0.1) is 12.1 Å². The fourth-order valence-electron chi connectivity index (χ4n) is 4.55. The fraction of sp³-hybridized carbons (Fsp3) is 0.370. The van der Waals surface area contributed by atoms with Gasteiger partial charge in [0.15, 0.2) is 0 Å². The van der Waals surface area contributed by atoms with Gasteiger partial charge >= 0.3 is 7.82 Å². The molecule has 1 unspecified atom stereocenters. The Morgan fingerprint density at radius 3 is 2.71 bits per heavy atom. The number of phosphoric acid groups is 1. The van der Waals surface area contributed by atoms with Crippen LogP contribution in [0.4, 0.5) is 5.69 Å². The summed E-state index contributed by atoms with van der Waals surface area (Å²) >= 11 is 1.80. The topological polar surface area (TPSA) is 93.6 Å². The van der Waals surface area contributed by atoms with Crippen LogP contribution in [0.3, 0.4) is 0 Å². The van der Waals surface area contributed by atoms with Gasteiger partial charge in [0, 0.05) is 66.6 Å². The molecule has 3 heterocycles. The van der Waals surface area contributed by atoms with Crippen LogP contribution in [0.15, 0.2) is 60.0 Å². The maximum atomic E-state index is 11.4. The van der Waals surface area contributed by atoms with Gasteiger partial charge in [-0.1, -0.05) is 6.07 Å². The van der Waals surface area contributed by atoms with Gasteiger partial charge in [-0.05, 0) is 61.2 Å². The van der Waals surface area contributed by atoms with E-state index in [2.05, 4.69) is 53.5 Å².